The van der Waals surface area contributed by atoms with E-state index in [1.54, 1.807) is 13.8 Å². The summed E-state index contributed by atoms with van der Waals surface area (Å²) in [5.41, 5.74) is 0.134. The molecular weight excluding hydrogens is 219 g/mol. The smallest absolute Gasteiger partial charge is 0.334 e. The van der Waals surface area contributed by atoms with Gasteiger partial charge in [-0.15, -0.1) is 0 Å². The first-order valence-electron chi connectivity index (χ1n) is 4.73. The molecule has 0 atom stereocenters. The summed E-state index contributed by atoms with van der Waals surface area (Å²) in [5.74, 6) is -1.03. The predicted molar refractivity (Wildman–Crippen MR) is 57.1 cm³/mol. The summed E-state index contributed by atoms with van der Waals surface area (Å²) in [6, 6.07) is 0. The third-order valence-electron chi connectivity index (χ3n) is 1.61. The maximum absolute atomic E-state index is 11.9. The van der Waals surface area contributed by atoms with Gasteiger partial charge in [0.2, 0.25) is 0 Å². The topological polar surface area (TPSA) is 72.8 Å². The maximum atomic E-state index is 11.9. The molecular formula is C9H17O5P. The van der Waals surface area contributed by atoms with Crippen molar-refractivity contribution in [2.45, 2.75) is 20.8 Å². The number of rotatable bonds is 7. The van der Waals surface area contributed by atoms with Crippen molar-refractivity contribution in [3.05, 3.63) is 11.6 Å². The molecule has 0 spiro atoms. The van der Waals surface area contributed by atoms with Crippen LogP contribution < -0.4 is 0 Å². The highest BCUT2D eigenvalue weighted by molar-refractivity contribution is 7.54. The van der Waals surface area contributed by atoms with Gasteiger partial charge in [0.25, 0.3) is 0 Å². The molecule has 15 heavy (non-hydrogen) atoms. The Morgan fingerprint density at radius 2 is 1.80 bits per heavy atom. The summed E-state index contributed by atoms with van der Waals surface area (Å²) >= 11 is 0. The lowest BCUT2D eigenvalue weighted by Crippen LogP contribution is -2.01. The molecule has 1 N–H and O–H groups in total. The molecule has 0 saturated carbocycles. The monoisotopic (exact) mass is 236 g/mol. The highest BCUT2D eigenvalue weighted by Crippen LogP contribution is 2.48. The fraction of sp³-hybridized carbons (Fsp3) is 0.667. The molecule has 0 aromatic rings. The molecule has 88 valence electrons. The van der Waals surface area contributed by atoms with E-state index in [1.807, 2.05) is 0 Å². The van der Waals surface area contributed by atoms with Crippen LogP contribution in [0.5, 0.6) is 0 Å². The lowest BCUT2D eigenvalue weighted by atomic mass is 10.3. The zero-order chi connectivity index (χ0) is 11.9. The molecule has 0 rings (SSSR count). The van der Waals surface area contributed by atoms with Crippen LogP contribution in [0, 0.1) is 0 Å². The minimum absolute atomic E-state index is 0.00713. The molecule has 0 fully saturated rings. The van der Waals surface area contributed by atoms with Crippen molar-refractivity contribution in [2.75, 3.05) is 19.4 Å². The SMILES string of the molecule is CCOP(=O)(C/C=C(\C)C(=O)O)OCC. The summed E-state index contributed by atoms with van der Waals surface area (Å²) in [4.78, 5) is 10.5. The van der Waals surface area contributed by atoms with E-state index in [-0.39, 0.29) is 24.9 Å². The first-order valence-corrected chi connectivity index (χ1v) is 6.46. The Morgan fingerprint density at radius 3 is 2.13 bits per heavy atom. The Hall–Kier alpha value is -0.640. The Balaban J connectivity index is 4.49. The molecule has 0 aliphatic rings. The van der Waals surface area contributed by atoms with Crippen LogP contribution in [-0.2, 0) is 18.4 Å². The second-order valence-electron chi connectivity index (χ2n) is 2.82. The summed E-state index contributed by atoms with van der Waals surface area (Å²) in [6.07, 6.45) is 1.35. The Bertz CT molecular complexity index is 274. The van der Waals surface area contributed by atoms with Gasteiger partial charge < -0.3 is 14.2 Å². The van der Waals surface area contributed by atoms with Crippen molar-refractivity contribution in [1.82, 2.24) is 0 Å². The third-order valence-corrected chi connectivity index (χ3v) is 3.54. The van der Waals surface area contributed by atoms with Gasteiger partial charge in [0.15, 0.2) is 0 Å². The van der Waals surface area contributed by atoms with E-state index < -0.39 is 13.6 Å². The maximum Gasteiger partial charge on any atom is 0.334 e. The average Bonchev–Trinajstić information content (AvgIpc) is 2.15. The van der Waals surface area contributed by atoms with Crippen LogP contribution in [0.15, 0.2) is 11.6 Å². The fourth-order valence-corrected chi connectivity index (χ4v) is 2.44. The number of carboxylic acid groups (broad SMARTS) is 1. The number of carbonyl (C=O) groups is 1. The average molecular weight is 236 g/mol. The fourth-order valence-electron chi connectivity index (χ4n) is 0.872. The van der Waals surface area contributed by atoms with Gasteiger partial charge in [0, 0.05) is 5.57 Å². The third kappa shape index (κ3) is 5.72. The van der Waals surface area contributed by atoms with Crippen LogP contribution in [0.4, 0.5) is 0 Å². The predicted octanol–water partition coefficient (Wildman–Crippen LogP) is 2.28. The van der Waals surface area contributed by atoms with Crippen LogP contribution >= 0.6 is 7.60 Å². The molecule has 0 aromatic heterocycles. The van der Waals surface area contributed by atoms with E-state index in [4.69, 9.17) is 14.2 Å². The van der Waals surface area contributed by atoms with Crippen LogP contribution in [0.25, 0.3) is 0 Å². The van der Waals surface area contributed by atoms with Crippen molar-refractivity contribution in [1.29, 1.82) is 0 Å². The highest BCUT2D eigenvalue weighted by Gasteiger charge is 2.22. The molecule has 0 heterocycles. The summed E-state index contributed by atoms with van der Waals surface area (Å²) in [6.45, 7) is 5.40. The molecule has 5 nitrogen and oxygen atoms in total. The van der Waals surface area contributed by atoms with E-state index in [1.165, 1.54) is 13.0 Å². The van der Waals surface area contributed by atoms with Crippen molar-refractivity contribution in [3.63, 3.8) is 0 Å². The van der Waals surface area contributed by atoms with Gasteiger partial charge >= 0.3 is 13.6 Å². The zero-order valence-corrected chi connectivity index (χ0v) is 10.1. The Kier molecular flexibility index (Phi) is 6.48. The minimum atomic E-state index is -3.15. The van der Waals surface area contributed by atoms with Gasteiger partial charge in [0.1, 0.15) is 0 Å². The van der Waals surface area contributed by atoms with E-state index in [9.17, 15) is 9.36 Å². The van der Waals surface area contributed by atoms with Crippen LogP contribution in [0.2, 0.25) is 0 Å². The van der Waals surface area contributed by atoms with E-state index in [0.717, 1.165) is 0 Å². The van der Waals surface area contributed by atoms with Gasteiger partial charge in [-0.25, -0.2) is 4.79 Å². The summed E-state index contributed by atoms with van der Waals surface area (Å²) < 4.78 is 21.8. The number of aliphatic carboxylic acids is 1. The number of hydrogen-bond donors (Lipinski definition) is 1. The second kappa shape index (κ2) is 6.77. The lowest BCUT2D eigenvalue weighted by Gasteiger charge is -2.14. The van der Waals surface area contributed by atoms with Crippen molar-refractivity contribution >= 4 is 13.6 Å². The van der Waals surface area contributed by atoms with E-state index in [2.05, 4.69) is 0 Å². The van der Waals surface area contributed by atoms with E-state index >= 15 is 0 Å². The zero-order valence-electron chi connectivity index (χ0n) is 9.23. The first kappa shape index (κ1) is 14.4. The Morgan fingerprint density at radius 1 is 1.33 bits per heavy atom. The van der Waals surface area contributed by atoms with Gasteiger partial charge in [-0.2, -0.15) is 0 Å². The molecule has 0 bridgehead atoms. The van der Waals surface area contributed by atoms with Gasteiger partial charge in [0.05, 0.1) is 19.4 Å². The molecule has 0 unspecified atom stereocenters. The first-order chi connectivity index (χ1) is 6.95. The highest BCUT2D eigenvalue weighted by atomic mass is 31.2. The summed E-state index contributed by atoms with van der Waals surface area (Å²) in [7, 11) is -3.15. The van der Waals surface area contributed by atoms with Gasteiger partial charge in [-0.05, 0) is 20.8 Å². The molecule has 0 radical (unpaired) electrons. The standard InChI is InChI=1S/C9H17O5P/c1-4-13-15(12,14-5-2)7-6-8(3)9(10)11/h6H,4-5,7H2,1-3H3,(H,10,11)/b8-6+. The van der Waals surface area contributed by atoms with Crippen LogP contribution in [0.1, 0.15) is 20.8 Å². The number of hydrogen-bond acceptors (Lipinski definition) is 4. The van der Waals surface area contributed by atoms with E-state index in [0.29, 0.717) is 0 Å². The molecule has 0 amide bonds. The minimum Gasteiger partial charge on any atom is -0.478 e. The molecule has 0 aromatic carbocycles. The largest absolute Gasteiger partial charge is 0.478 e. The van der Waals surface area contributed by atoms with Crippen molar-refractivity contribution in [3.8, 4) is 0 Å². The Labute approximate surface area is 89.6 Å². The van der Waals surface area contributed by atoms with Crippen molar-refractivity contribution in [2.24, 2.45) is 0 Å². The molecule has 0 aliphatic carbocycles. The summed E-state index contributed by atoms with van der Waals surface area (Å²) in [5, 5.41) is 8.60. The van der Waals surface area contributed by atoms with Crippen LogP contribution in [-0.4, -0.2) is 30.5 Å². The van der Waals surface area contributed by atoms with Crippen LogP contribution in [0.3, 0.4) is 0 Å². The van der Waals surface area contributed by atoms with Crippen molar-refractivity contribution < 1.29 is 23.5 Å². The number of allylic oxidation sites excluding steroid dienone is 1. The van der Waals surface area contributed by atoms with Gasteiger partial charge in [-0.3, -0.25) is 4.57 Å². The normalized spacial score (nSPS) is 12.9. The number of carboxylic acids is 1. The van der Waals surface area contributed by atoms with Gasteiger partial charge in [-0.1, -0.05) is 6.08 Å². The quantitative estimate of drug-likeness (QED) is 0.542. The second-order valence-corrected chi connectivity index (χ2v) is 4.92. The lowest BCUT2D eigenvalue weighted by molar-refractivity contribution is -0.132. The molecule has 0 saturated heterocycles. The molecule has 0 aliphatic heterocycles. The molecule has 6 heteroatoms.